The molecule has 0 aliphatic rings. The van der Waals surface area contributed by atoms with Crippen LogP contribution in [0.2, 0.25) is 0 Å². The predicted octanol–water partition coefficient (Wildman–Crippen LogP) is 9.22. The summed E-state index contributed by atoms with van der Waals surface area (Å²) in [7, 11) is 0. The topological polar surface area (TPSA) is 125 Å². The van der Waals surface area contributed by atoms with Gasteiger partial charge in [0, 0.05) is 33.0 Å². The average Bonchev–Trinajstić information content (AvgIpc) is 3.70. The Morgan fingerprint density at radius 2 is 1.39 bits per heavy atom. The number of benzene rings is 1. The lowest BCUT2D eigenvalue weighted by Crippen LogP contribution is -1.87. The van der Waals surface area contributed by atoms with Gasteiger partial charge < -0.3 is 10.00 Å². The van der Waals surface area contributed by atoms with Crippen LogP contribution < -0.4 is 0 Å². The number of fused-ring (bicyclic) bond motifs is 1. The predicted molar refractivity (Wildman–Crippen MR) is 197 cm³/mol. The molecule has 12 heteroatoms. The monoisotopic (exact) mass is 653 g/mol. The van der Waals surface area contributed by atoms with E-state index < -0.39 is 0 Å². The summed E-state index contributed by atoms with van der Waals surface area (Å²) >= 11 is 1.46. The molecule has 0 saturated heterocycles. The van der Waals surface area contributed by atoms with Crippen molar-refractivity contribution < 1.29 is 16.1 Å². The maximum atomic E-state index is 4.33. The van der Waals surface area contributed by atoms with E-state index in [0.29, 0.717) is 5.92 Å². The van der Waals surface area contributed by atoms with Gasteiger partial charge >= 0.3 is 0 Å². The summed E-state index contributed by atoms with van der Waals surface area (Å²) in [6.45, 7) is 23.9. The Balaban J connectivity index is -0.0000000784. The SMILES string of the molecule is CC(C)C.CC(C)C.CC(C)C.CC(C)c1ccc2ncccc2c1.F.O.P.[B].[HH].c1cnoc1.c1cnsc1.c1nc[nH]n1. The van der Waals surface area contributed by atoms with Gasteiger partial charge in [-0.2, -0.15) is 15.0 Å². The van der Waals surface area contributed by atoms with Crippen LogP contribution in [0.1, 0.15) is 89.1 Å². The van der Waals surface area contributed by atoms with Gasteiger partial charge in [0.2, 0.25) is 0 Å². The molecule has 3 radical (unpaired) electrons. The first-order chi connectivity index (χ1) is 19.0. The van der Waals surface area contributed by atoms with Crippen molar-refractivity contribution in [2.24, 2.45) is 17.8 Å². The first-order valence-corrected chi connectivity index (χ1v) is 14.6. The van der Waals surface area contributed by atoms with Crippen molar-refractivity contribution in [3.05, 3.63) is 90.9 Å². The summed E-state index contributed by atoms with van der Waals surface area (Å²) in [5, 5.41) is 12.5. The number of nitrogens with zero attached hydrogens (tertiary/aromatic N) is 5. The van der Waals surface area contributed by atoms with Gasteiger partial charge in [-0.25, -0.2) is 9.36 Å². The van der Waals surface area contributed by atoms with Crippen LogP contribution in [0.15, 0.2) is 89.9 Å². The average molecular weight is 654 g/mol. The molecule has 0 aliphatic carbocycles. The molecule has 4 heterocycles. The summed E-state index contributed by atoms with van der Waals surface area (Å²) in [5.41, 5.74) is 2.45. The molecule has 0 bridgehead atoms. The van der Waals surface area contributed by atoms with Crippen molar-refractivity contribution in [2.75, 3.05) is 0 Å². The summed E-state index contributed by atoms with van der Waals surface area (Å²) in [6.07, 6.45) is 9.65. The molecule has 0 amide bonds. The lowest BCUT2D eigenvalue weighted by molar-refractivity contribution is 0.420. The van der Waals surface area contributed by atoms with E-state index in [-0.39, 0.29) is 29.9 Å². The summed E-state index contributed by atoms with van der Waals surface area (Å²) in [5.74, 6) is 3.09. The van der Waals surface area contributed by atoms with E-state index >= 15 is 0 Å². The molecule has 1 atom stereocenters. The van der Waals surface area contributed by atoms with Gasteiger partial charge in [0.15, 0.2) is 0 Å². The van der Waals surface area contributed by atoms with E-state index in [1.165, 1.54) is 41.4 Å². The highest BCUT2D eigenvalue weighted by Gasteiger charge is 1.99. The molecule has 0 saturated carbocycles. The molecule has 8 nitrogen and oxygen atoms in total. The van der Waals surface area contributed by atoms with Crippen molar-refractivity contribution in [3.8, 4) is 0 Å². The number of aromatic nitrogens is 6. The van der Waals surface area contributed by atoms with Crippen LogP contribution in [-0.2, 0) is 0 Å². The van der Waals surface area contributed by atoms with Gasteiger partial charge in [0.25, 0.3) is 0 Å². The molecule has 5 rings (SSSR count). The molecule has 3 N–H and O–H groups in total. The number of rotatable bonds is 1. The van der Waals surface area contributed by atoms with Gasteiger partial charge in [-0.1, -0.05) is 93.5 Å². The number of aromatic amines is 1. The Bertz CT molecular complexity index is 989. The van der Waals surface area contributed by atoms with Crippen molar-refractivity contribution in [3.63, 3.8) is 0 Å². The quantitative estimate of drug-likeness (QED) is 0.142. The van der Waals surface area contributed by atoms with Gasteiger partial charge in [-0.3, -0.25) is 14.8 Å². The molecule has 4 aromatic heterocycles. The summed E-state index contributed by atoms with van der Waals surface area (Å²) < 4.78 is 8.10. The molecule has 0 aliphatic heterocycles. The van der Waals surface area contributed by atoms with Crippen LogP contribution in [0.5, 0.6) is 0 Å². The number of pyridine rings is 1. The minimum Gasteiger partial charge on any atom is -0.412 e. The first-order valence-electron chi connectivity index (χ1n) is 13.8. The number of hydrogen-bond donors (Lipinski definition) is 1. The van der Waals surface area contributed by atoms with Crippen LogP contribution in [0, 0.1) is 17.8 Å². The number of halogens is 1. The van der Waals surface area contributed by atoms with E-state index in [0.717, 1.165) is 23.3 Å². The Kier molecular flexibility index (Phi) is 46.3. The highest BCUT2D eigenvalue weighted by molar-refractivity contribution is 7.03. The Hall–Kier alpha value is -3.01. The minimum atomic E-state index is 0. The molecule has 251 valence electrons. The zero-order valence-electron chi connectivity index (χ0n) is 28.6. The maximum absolute atomic E-state index is 4.33. The van der Waals surface area contributed by atoms with E-state index in [1.54, 1.807) is 18.5 Å². The molecule has 0 spiro atoms. The standard InChI is InChI=1S/C12H13N.3C4H10.C3H3NO.C3H3NS.C2H3N3.B.FH.H2O.H3P.H2/c1-9(2)10-5-6-12-11(8-10)4-3-7-13-12;3*1-4(2)3;2*1-2-4-5-3-1;1-3-2-5-4-1;;;;;/h3-9H,1-2H3;3*4H,1-3H3;2*1-3H;1-2H,(H,3,4,5);;1H;1H2;1H3;1H. The lowest BCUT2D eigenvalue weighted by atomic mass is 10.0. The third-order valence-corrected chi connectivity index (χ3v) is 3.84. The zero-order valence-corrected chi connectivity index (χ0v) is 30.9. The molecule has 0 fully saturated rings. The fourth-order valence-electron chi connectivity index (χ4n) is 1.97. The smallest absolute Gasteiger partial charge is 0.137 e. The largest absolute Gasteiger partial charge is 0.412 e. The summed E-state index contributed by atoms with van der Waals surface area (Å²) in [4.78, 5) is 7.84. The second kappa shape index (κ2) is 38.0. The van der Waals surface area contributed by atoms with Crippen LogP contribution in [0.3, 0.4) is 0 Å². The number of nitrogens with one attached hydrogen (secondary N) is 1. The van der Waals surface area contributed by atoms with E-state index in [4.69, 9.17) is 0 Å². The fraction of sp³-hybridized carbons (Fsp3) is 0.469. The second-order valence-corrected chi connectivity index (χ2v) is 11.5. The molecule has 1 aromatic carbocycles. The van der Waals surface area contributed by atoms with Gasteiger partial charge in [-0.15, -0.1) is 0 Å². The van der Waals surface area contributed by atoms with Crippen molar-refractivity contribution in [1.29, 1.82) is 0 Å². The van der Waals surface area contributed by atoms with E-state index in [2.05, 4.69) is 135 Å². The summed E-state index contributed by atoms with van der Waals surface area (Å²) in [6, 6.07) is 14.2. The molecule has 1 unspecified atom stereocenters. The molecular formula is C32H60BFN6O2PS. The van der Waals surface area contributed by atoms with E-state index in [9.17, 15) is 0 Å². The molecular weight excluding hydrogens is 593 g/mol. The maximum Gasteiger partial charge on any atom is 0.137 e. The van der Waals surface area contributed by atoms with Crippen LogP contribution in [0.4, 0.5) is 4.70 Å². The van der Waals surface area contributed by atoms with Crippen LogP contribution in [0.25, 0.3) is 10.9 Å². The number of H-pyrrole nitrogens is 1. The van der Waals surface area contributed by atoms with Gasteiger partial charge in [0.1, 0.15) is 18.9 Å². The third kappa shape index (κ3) is 43.4. The zero-order chi connectivity index (χ0) is 30.6. The van der Waals surface area contributed by atoms with Crippen LogP contribution >= 0.6 is 21.4 Å². The van der Waals surface area contributed by atoms with Crippen LogP contribution in [-0.4, -0.2) is 43.6 Å². The van der Waals surface area contributed by atoms with E-state index in [1.807, 2.05) is 23.7 Å². The lowest BCUT2D eigenvalue weighted by Gasteiger charge is -2.05. The highest BCUT2D eigenvalue weighted by atomic mass is 32.1. The number of hydrogen-bond acceptors (Lipinski definition) is 7. The Morgan fingerprint density at radius 1 is 0.795 bits per heavy atom. The first kappa shape index (κ1) is 53.5. The normalized spacial score (nSPS) is 8.43. The van der Waals surface area contributed by atoms with Crippen molar-refractivity contribution >= 4 is 40.7 Å². The Morgan fingerprint density at radius 3 is 1.68 bits per heavy atom. The van der Waals surface area contributed by atoms with Gasteiger partial charge in [0.05, 0.1) is 11.7 Å². The van der Waals surface area contributed by atoms with Crippen molar-refractivity contribution in [2.45, 2.75) is 82.1 Å². The second-order valence-electron chi connectivity index (χ2n) is 10.8. The Labute approximate surface area is 276 Å². The third-order valence-electron chi connectivity index (χ3n) is 3.32. The highest BCUT2D eigenvalue weighted by Crippen LogP contribution is 2.19. The van der Waals surface area contributed by atoms with Crippen molar-refractivity contribution in [1.82, 2.24) is 29.7 Å². The van der Waals surface area contributed by atoms with Gasteiger partial charge in [-0.05, 0) is 71.1 Å². The molecule has 5 aromatic rings. The molecule has 44 heavy (non-hydrogen) atoms. The minimum absolute atomic E-state index is 0. The fourth-order valence-corrected chi connectivity index (χ4v) is 2.32.